The Morgan fingerprint density at radius 2 is 0.921 bits per heavy atom. The molecule has 0 bridgehead atoms. The normalized spacial score (nSPS) is 40.3. The molecule has 6 N–H and O–H groups in total. The predicted octanol–water partition coefficient (Wildman–Crippen LogP) is 4.62. The maximum absolute atomic E-state index is 11.0. The molecule has 0 aliphatic heterocycles. The lowest BCUT2D eigenvalue weighted by molar-refractivity contribution is -0.0333. The monoisotopic (exact) mass is 528 g/mol. The van der Waals surface area contributed by atoms with Crippen LogP contribution in [0, 0.1) is 29.6 Å². The van der Waals surface area contributed by atoms with Crippen LogP contribution in [0.2, 0.25) is 0 Å². The van der Waals surface area contributed by atoms with Gasteiger partial charge in [-0.05, 0) is 80.6 Å². The molecule has 0 aromatic heterocycles. The molecule has 0 spiro atoms. The van der Waals surface area contributed by atoms with Crippen LogP contribution in [0.25, 0.3) is 0 Å². The van der Waals surface area contributed by atoms with E-state index in [2.05, 4.69) is 24.3 Å². The molecule has 6 nitrogen and oxygen atoms in total. The summed E-state index contributed by atoms with van der Waals surface area (Å²) in [6.45, 7) is 0. The van der Waals surface area contributed by atoms with E-state index in [0.29, 0.717) is 37.5 Å². The Bertz CT molecular complexity index is 912. The molecule has 6 heteroatoms. The number of aliphatic hydroxyl groups excluding tert-OH is 6. The van der Waals surface area contributed by atoms with Gasteiger partial charge in [-0.3, -0.25) is 0 Å². The van der Waals surface area contributed by atoms with Crippen LogP contribution in [0.3, 0.4) is 0 Å². The molecule has 0 radical (unpaired) electrons. The van der Waals surface area contributed by atoms with Crippen molar-refractivity contribution in [2.75, 3.05) is 0 Å². The molecule has 5 unspecified atom stereocenters. The molecule has 4 saturated carbocycles. The first kappa shape index (κ1) is 28.1. The Kier molecular flexibility index (Phi) is 9.16. The van der Waals surface area contributed by atoms with E-state index >= 15 is 0 Å². The number of rotatable bonds is 5. The highest BCUT2D eigenvalue weighted by atomic mass is 16.3. The van der Waals surface area contributed by atoms with Gasteiger partial charge in [0.15, 0.2) is 0 Å². The number of hydrogen-bond donors (Lipinski definition) is 6. The smallest absolute Gasteiger partial charge is 0.124 e. The van der Waals surface area contributed by atoms with Crippen molar-refractivity contribution in [3.63, 3.8) is 0 Å². The van der Waals surface area contributed by atoms with Crippen molar-refractivity contribution in [1.82, 2.24) is 0 Å². The summed E-state index contributed by atoms with van der Waals surface area (Å²) in [5, 5.41) is 65.8. The van der Waals surface area contributed by atoms with Gasteiger partial charge in [0.1, 0.15) is 11.9 Å². The average molecular weight is 529 g/mol. The van der Waals surface area contributed by atoms with Crippen molar-refractivity contribution in [1.29, 1.82) is 0 Å². The van der Waals surface area contributed by atoms with Crippen LogP contribution in [0.15, 0.2) is 46.8 Å². The van der Waals surface area contributed by atoms with Crippen molar-refractivity contribution in [3.8, 4) is 0 Å². The fourth-order valence-corrected chi connectivity index (χ4v) is 7.91. The summed E-state index contributed by atoms with van der Waals surface area (Å²) < 4.78 is 0. The van der Waals surface area contributed by atoms with Gasteiger partial charge in [-0.2, -0.15) is 0 Å². The first-order chi connectivity index (χ1) is 18.3. The predicted molar refractivity (Wildman–Crippen MR) is 147 cm³/mol. The molecule has 0 heterocycles. The minimum Gasteiger partial charge on any atom is -0.507 e. The molecule has 212 valence electrons. The van der Waals surface area contributed by atoms with E-state index in [0.717, 1.165) is 0 Å². The Hall–Kier alpha value is -1.44. The third-order valence-corrected chi connectivity index (χ3v) is 10.1. The summed E-state index contributed by atoms with van der Waals surface area (Å²) in [6.07, 6.45) is 18.2. The van der Waals surface area contributed by atoms with E-state index in [1.165, 1.54) is 64.2 Å². The van der Waals surface area contributed by atoms with Gasteiger partial charge < -0.3 is 30.6 Å². The minimum atomic E-state index is -1.20. The van der Waals surface area contributed by atoms with Gasteiger partial charge in [0.2, 0.25) is 0 Å². The Morgan fingerprint density at radius 1 is 0.500 bits per heavy atom. The van der Waals surface area contributed by atoms with Gasteiger partial charge in [-0.15, -0.1) is 0 Å². The molecule has 5 aliphatic rings. The molecule has 0 amide bonds. The number of hydrogen-bond acceptors (Lipinski definition) is 6. The average Bonchev–Trinajstić information content (AvgIpc) is 2.91. The first-order valence-corrected chi connectivity index (χ1v) is 15.3. The standard InChI is InChI=1S/C32H48O6/c33-23-15-21(13-11-19-7-3-1-4-8-19)16-24(34)27(23)29-31(37)30(32(29)38)28-25(35)17-22(18-26(28)36)14-12-20-9-5-2-6-10-20/h11-14,19-27,31,33-38H,1-10,15-18H2/b13-11+,14-12+,30-28?. The van der Waals surface area contributed by atoms with E-state index in [9.17, 15) is 30.6 Å². The van der Waals surface area contributed by atoms with Crippen LogP contribution >= 0.6 is 0 Å². The van der Waals surface area contributed by atoms with E-state index in [4.69, 9.17) is 0 Å². The molecule has 5 aliphatic carbocycles. The second-order valence-corrected chi connectivity index (χ2v) is 12.8. The summed E-state index contributed by atoms with van der Waals surface area (Å²) in [5.74, 6) is 0.349. The van der Waals surface area contributed by atoms with Crippen molar-refractivity contribution in [2.24, 2.45) is 29.6 Å². The largest absolute Gasteiger partial charge is 0.507 e. The van der Waals surface area contributed by atoms with Crippen LogP contribution in [-0.2, 0) is 0 Å². The van der Waals surface area contributed by atoms with Crippen LogP contribution in [0.5, 0.6) is 0 Å². The fourth-order valence-electron chi connectivity index (χ4n) is 7.91. The van der Waals surface area contributed by atoms with E-state index in [1.807, 2.05) is 0 Å². The Labute approximate surface area is 227 Å². The van der Waals surface area contributed by atoms with Crippen molar-refractivity contribution in [2.45, 2.75) is 120 Å². The third-order valence-electron chi connectivity index (χ3n) is 10.1. The molecule has 0 saturated heterocycles. The van der Waals surface area contributed by atoms with Crippen molar-refractivity contribution >= 4 is 0 Å². The molecular weight excluding hydrogens is 480 g/mol. The molecule has 38 heavy (non-hydrogen) atoms. The summed E-state index contributed by atoms with van der Waals surface area (Å²) in [6, 6.07) is 0. The molecule has 5 rings (SSSR count). The van der Waals surface area contributed by atoms with Crippen LogP contribution < -0.4 is 0 Å². The summed E-state index contributed by atoms with van der Waals surface area (Å²) >= 11 is 0. The highest BCUT2D eigenvalue weighted by Gasteiger charge is 2.49. The number of allylic oxidation sites excluding steroid dienone is 4. The van der Waals surface area contributed by atoms with Crippen LogP contribution in [0.1, 0.15) is 89.9 Å². The zero-order chi connectivity index (χ0) is 26.8. The SMILES string of the molecule is OC1=C(C2C(O)CC(/C=C/C3CCCCC3)CC2O)C(O)C1=C1C(O)CC(/C=C/C2CCCCC2)CC1O. The molecular formula is C32H48O6. The summed E-state index contributed by atoms with van der Waals surface area (Å²) in [7, 11) is 0. The molecule has 0 aromatic carbocycles. The molecule has 5 atom stereocenters. The zero-order valence-electron chi connectivity index (χ0n) is 22.7. The van der Waals surface area contributed by atoms with Gasteiger partial charge in [-0.1, -0.05) is 62.8 Å². The van der Waals surface area contributed by atoms with Crippen molar-refractivity contribution < 1.29 is 30.6 Å². The lowest BCUT2D eigenvalue weighted by Gasteiger charge is -2.45. The van der Waals surface area contributed by atoms with E-state index < -0.39 is 36.4 Å². The van der Waals surface area contributed by atoms with Gasteiger partial charge >= 0.3 is 0 Å². The maximum atomic E-state index is 11.0. The van der Waals surface area contributed by atoms with Gasteiger partial charge in [0, 0.05) is 17.1 Å². The zero-order valence-corrected chi connectivity index (χ0v) is 22.7. The van der Waals surface area contributed by atoms with Crippen LogP contribution in [-0.4, -0.2) is 61.2 Å². The highest BCUT2D eigenvalue weighted by molar-refractivity contribution is 5.56. The topological polar surface area (TPSA) is 121 Å². The minimum absolute atomic E-state index is 0.0506. The van der Waals surface area contributed by atoms with Crippen molar-refractivity contribution in [3.05, 3.63) is 46.8 Å². The third kappa shape index (κ3) is 6.00. The van der Waals surface area contributed by atoms with Gasteiger partial charge in [0.25, 0.3) is 0 Å². The molecule has 0 aromatic rings. The quantitative estimate of drug-likeness (QED) is 0.290. The van der Waals surface area contributed by atoms with Gasteiger partial charge in [0.05, 0.1) is 24.4 Å². The van der Waals surface area contributed by atoms with E-state index in [-0.39, 0.29) is 34.3 Å². The first-order valence-electron chi connectivity index (χ1n) is 15.3. The summed E-state index contributed by atoms with van der Waals surface area (Å²) in [5.41, 5.74) is 0.698. The lowest BCUT2D eigenvalue weighted by Crippen LogP contribution is -2.48. The second-order valence-electron chi connectivity index (χ2n) is 12.8. The highest BCUT2D eigenvalue weighted by Crippen LogP contribution is 2.48. The lowest BCUT2D eigenvalue weighted by atomic mass is 9.65. The van der Waals surface area contributed by atoms with Gasteiger partial charge in [-0.25, -0.2) is 0 Å². The number of aliphatic hydroxyl groups is 6. The maximum Gasteiger partial charge on any atom is 0.124 e. The Balaban J connectivity index is 1.24. The molecule has 4 fully saturated rings. The Morgan fingerprint density at radius 3 is 1.37 bits per heavy atom. The second kappa shape index (κ2) is 12.4. The fraction of sp³-hybridized carbons (Fsp3) is 0.750. The summed E-state index contributed by atoms with van der Waals surface area (Å²) in [4.78, 5) is 0. The van der Waals surface area contributed by atoms with Crippen LogP contribution in [0.4, 0.5) is 0 Å². The van der Waals surface area contributed by atoms with E-state index in [1.54, 1.807) is 0 Å².